The molecule has 0 aliphatic rings. The molecule has 1 N–H and O–H groups in total. The minimum absolute atomic E-state index is 0.0993. The van der Waals surface area contributed by atoms with E-state index in [9.17, 15) is 13.2 Å². The van der Waals surface area contributed by atoms with Crippen molar-refractivity contribution in [3.05, 3.63) is 65.2 Å². The second kappa shape index (κ2) is 8.99. The van der Waals surface area contributed by atoms with Crippen molar-refractivity contribution >= 4 is 21.6 Å². The van der Waals surface area contributed by atoms with E-state index in [1.54, 1.807) is 12.1 Å². The van der Waals surface area contributed by atoms with Gasteiger partial charge >= 0.3 is 0 Å². The van der Waals surface area contributed by atoms with Crippen molar-refractivity contribution in [3.63, 3.8) is 0 Å². The number of amides is 1. The highest BCUT2D eigenvalue weighted by atomic mass is 32.2. The maximum atomic E-state index is 12.7. The molecule has 2 aromatic carbocycles. The number of nitrogens with one attached hydrogen (secondary N) is 1. The zero-order chi connectivity index (χ0) is 21.8. The highest BCUT2D eigenvalue weighted by Crippen LogP contribution is 2.28. The molecule has 0 spiro atoms. The van der Waals surface area contributed by atoms with Gasteiger partial charge in [0.15, 0.2) is 0 Å². The lowest BCUT2D eigenvalue weighted by Crippen LogP contribution is -2.44. The molecule has 6 heteroatoms. The summed E-state index contributed by atoms with van der Waals surface area (Å²) in [5, 5.41) is 2.97. The van der Waals surface area contributed by atoms with Crippen molar-refractivity contribution in [1.29, 1.82) is 0 Å². The van der Waals surface area contributed by atoms with E-state index in [0.717, 1.165) is 23.8 Å². The zero-order valence-electron chi connectivity index (χ0n) is 18.2. The molecular formula is C23H32N2O3S. The standard InChI is InChI=1S/C23H32N2O3S/c1-17-11-10-14-21(19(17)3)25(29(6,27)28)16-22(26)24-18(2)15-23(4,5)20-12-8-7-9-13-20/h7-14,18H,15-16H2,1-6H3,(H,24,26). The van der Waals surface area contributed by atoms with E-state index in [4.69, 9.17) is 0 Å². The fraction of sp³-hybridized carbons (Fsp3) is 0.435. The summed E-state index contributed by atoms with van der Waals surface area (Å²) in [4.78, 5) is 12.7. The van der Waals surface area contributed by atoms with Crippen LogP contribution in [0.2, 0.25) is 0 Å². The summed E-state index contributed by atoms with van der Waals surface area (Å²) in [6, 6.07) is 15.5. The molecule has 0 bridgehead atoms. The van der Waals surface area contributed by atoms with Gasteiger partial charge in [0.25, 0.3) is 0 Å². The van der Waals surface area contributed by atoms with E-state index < -0.39 is 10.0 Å². The molecule has 5 nitrogen and oxygen atoms in total. The molecule has 29 heavy (non-hydrogen) atoms. The third-order valence-corrected chi connectivity index (χ3v) is 6.44. The van der Waals surface area contributed by atoms with Crippen LogP contribution in [0, 0.1) is 13.8 Å². The Morgan fingerprint density at radius 3 is 2.28 bits per heavy atom. The number of benzene rings is 2. The molecule has 1 unspecified atom stereocenters. The number of rotatable bonds is 8. The van der Waals surface area contributed by atoms with Crippen LogP contribution in [0.4, 0.5) is 5.69 Å². The van der Waals surface area contributed by atoms with Gasteiger partial charge in [0.05, 0.1) is 11.9 Å². The molecule has 0 heterocycles. The van der Waals surface area contributed by atoms with E-state index in [-0.39, 0.29) is 23.9 Å². The highest BCUT2D eigenvalue weighted by Gasteiger charge is 2.26. The second-order valence-electron chi connectivity index (χ2n) is 8.41. The Morgan fingerprint density at radius 2 is 1.69 bits per heavy atom. The summed E-state index contributed by atoms with van der Waals surface area (Å²) < 4.78 is 25.9. The quantitative estimate of drug-likeness (QED) is 0.709. The van der Waals surface area contributed by atoms with Crippen LogP contribution in [0.3, 0.4) is 0 Å². The molecule has 158 valence electrons. The molecule has 0 radical (unpaired) electrons. The number of aryl methyl sites for hydroxylation is 1. The lowest BCUT2D eigenvalue weighted by Gasteiger charge is -2.30. The summed E-state index contributed by atoms with van der Waals surface area (Å²) in [6.45, 7) is 9.79. The molecule has 2 aromatic rings. The number of hydrogen-bond donors (Lipinski definition) is 1. The Hall–Kier alpha value is -2.34. The van der Waals surface area contributed by atoms with Crippen LogP contribution >= 0.6 is 0 Å². The SMILES string of the molecule is Cc1cccc(N(CC(=O)NC(C)CC(C)(C)c2ccccc2)S(C)(=O)=O)c1C. The minimum Gasteiger partial charge on any atom is -0.352 e. The first-order valence-electron chi connectivity index (χ1n) is 9.80. The molecule has 2 rings (SSSR count). The maximum Gasteiger partial charge on any atom is 0.240 e. The van der Waals surface area contributed by atoms with Crippen molar-refractivity contribution in [1.82, 2.24) is 5.32 Å². The summed E-state index contributed by atoms with van der Waals surface area (Å²) in [5.41, 5.74) is 3.46. The molecule has 1 atom stereocenters. The molecule has 0 saturated carbocycles. The number of hydrogen-bond acceptors (Lipinski definition) is 3. The van der Waals surface area contributed by atoms with Gasteiger partial charge in [0, 0.05) is 6.04 Å². The average molecular weight is 417 g/mol. The van der Waals surface area contributed by atoms with Crippen LogP contribution < -0.4 is 9.62 Å². The van der Waals surface area contributed by atoms with E-state index in [2.05, 4.69) is 31.3 Å². The molecule has 0 saturated heterocycles. The summed E-state index contributed by atoms with van der Waals surface area (Å²) in [5.74, 6) is -0.312. The highest BCUT2D eigenvalue weighted by molar-refractivity contribution is 7.92. The van der Waals surface area contributed by atoms with Crippen LogP contribution in [0.15, 0.2) is 48.5 Å². The largest absolute Gasteiger partial charge is 0.352 e. The summed E-state index contributed by atoms with van der Waals surface area (Å²) in [7, 11) is -3.59. The maximum absolute atomic E-state index is 12.7. The second-order valence-corrected chi connectivity index (χ2v) is 10.3. The number of carbonyl (C=O) groups excluding carboxylic acids is 1. The normalized spacial score (nSPS) is 13.0. The summed E-state index contributed by atoms with van der Waals surface area (Å²) >= 11 is 0. The van der Waals surface area contributed by atoms with Crippen molar-refractivity contribution in [3.8, 4) is 0 Å². The molecule has 0 aliphatic carbocycles. The Bertz CT molecular complexity index is 953. The predicted octanol–water partition coefficient (Wildman–Crippen LogP) is 3.94. The lowest BCUT2D eigenvalue weighted by atomic mass is 9.79. The van der Waals surface area contributed by atoms with Crippen LogP contribution in [0.25, 0.3) is 0 Å². The Labute approximate surface area is 175 Å². The Balaban J connectivity index is 2.11. The van der Waals surface area contributed by atoms with Gasteiger partial charge in [-0.05, 0) is 55.4 Å². The number of anilines is 1. The molecule has 0 fully saturated rings. The van der Waals surface area contributed by atoms with Crippen molar-refractivity contribution in [2.24, 2.45) is 0 Å². The van der Waals surface area contributed by atoms with E-state index in [1.165, 1.54) is 9.87 Å². The third-order valence-electron chi connectivity index (χ3n) is 5.31. The smallest absolute Gasteiger partial charge is 0.240 e. The topological polar surface area (TPSA) is 66.5 Å². The monoisotopic (exact) mass is 416 g/mol. The van der Waals surface area contributed by atoms with Crippen LogP contribution in [-0.4, -0.2) is 33.2 Å². The van der Waals surface area contributed by atoms with Crippen LogP contribution in [-0.2, 0) is 20.2 Å². The Kier molecular flexibility index (Phi) is 7.11. The van der Waals surface area contributed by atoms with E-state index >= 15 is 0 Å². The van der Waals surface area contributed by atoms with E-state index in [1.807, 2.05) is 45.0 Å². The van der Waals surface area contributed by atoms with Crippen molar-refractivity contribution < 1.29 is 13.2 Å². The van der Waals surface area contributed by atoms with Gasteiger partial charge in [-0.2, -0.15) is 0 Å². The van der Waals surface area contributed by atoms with Gasteiger partial charge in [0.2, 0.25) is 15.9 Å². The summed E-state index contributed by atoms with van der Waals surface area (Å²) in [6.07, 6.45) is 1.87. The number of sulfonamides is 1. The van der Waals surface area contributed by atoms with Crippen LogP contribution in [0.1, 0.15) is 43.9 Å². The van der Waals surface area contributed by atoms with Gasteiger partial charge < -0.3 is 5.32 Å². The van der Waals surface area contributed by atoms with Gasteiger partial charge in [-0.3, -0.25) is 9.10 Å². The third kappa shape index (κ3) is 6.07. The lowest BCUT2D eigenvalue weighted by molar-refractivity contribution is -0.120. The number of carbonyl (C=O) groups is 1. The van der Waals surface area contributed by atoms with Gasteiger partial charge in [-0.1, -0.05) is 56.3 Å². The van der Waals surface area contributed by atoms with Crippen LogP contribution in [0.5, 0.6) is 0 Å². The minimum atomic E-state index is -3.59. The average Bonchev–Trinajstić information content (AvgIpc) is 2.61. The van der Waals surface area contributed by atoms with Crippen molar-refractivity contribution in [2.75, 3.05) is 17.1 Å². The van der Waals surface area contributed by atoms with Gasteiger partial charge in [-0.15, -0.1) is 0 Å². The first-order chi connectivity index (χ1) is 13.4. The van der Waals surface area contributed by atoms with E-state index in [0.29, 0.717) is 5.69 Å². The fourth-order valence-electron chi connectivity index (χ4n) is 3.66. The van der Waals surface area contributed by atoms with Gasteiger partial charge in [0.1, 0.15) is 6.54 Å². The first-order valence-corrected chi connectivity index (χ1v) is 11.7. The molecule has 0 aromatic heterocycles. The van der Waals surface area contributed by atoms with Crippen molar-refractivity contribution in [2.45, 2.75) is 52.5 Å². The first kappa shape index (κ1) is 22.9. The fourth-order valence-corrected chi connectivity index (χ4v) is 4.57. The molecular weight excluding hydrogens is 384 g/mol. The predicted molar refractivity (Wildman–Crippen MR) is 120 cm³/mol. The molecule has 0 aliphatic heterocycles. The Morgan fingerprint density at radius 1 is 1.07 bits per heavy atom. The zero-order valence-corrected chi connectivity index (χ0v) is 19.0. The van der Waals surface area contributed by atoms with Gasteiger partial charge in [-0.25, -0.2) is 8.42 Å². The number of nitrogens with zero attached hydrogens (tertiary/aromatic N) is 1. The molecule has 1 amide bonds.